The summed E-state index contributed by atoms with van der Waals surface area (Å²) in [7, 11) is 4.24. The second kappa shape index (κ2) is 6.25. The molecule has 0 radical (unpaired) electrons. The van der Waals surface area contributed by atoms with E-state index in [1.807, 2.05) is 7.05 Å². The molecule has 1 aliphatic rings. The molecule has 4 heteroatoms. The van der Waals surface area contributed by atoms with Gasteiger partial charge in [0.2, 0.25) is 0 Å². The van der Waals surface area contributed by atoms with Crippen LogP contribution in [0.5, 0.6) is 0 Å². The van der Waals surface area contributed by atoms with Crippen molar-refractivity contribution in [3.05, 3.63) is 28.2 Å². The Hall–Kier alpha value is -0.580. The monoisotopic (exact) mass is 325 g/mol. The fourth-order valence-corrected chi connectivity index (χ4v) is 3.39. The number of benzene rings is 1. The van der Waals surface area contributed by atoms with E-state index in [1.54, 1.807) is 0 Å². The average molecular weight is 326 g/mol. The molecule has 1 aromatic carbocycles. The molecular formula is C15H24BrN3. The number of nitrogens with zero attached hydrogens (tertiary/aromatic N) is 2. The van der Waals surface area contributed by atoms with E-state index in [2.05, 4.69) is 70.1 Å². The molecule has 2 unspecified atom stereocenters. The molecule has 106 valence electrons. The van der Waals surface area contributed by atoms with Crippen LogP contribution in [0, 0.1) is 6.92 Å². The molecule has 19 heavy (non-hydrogen) atoms. The van der Waals surface area contributed by atoms with E-state index >= 15 is 0 Å². The molecule has 1 N–H and O–H groups in total. The Bertz CT molecular complexity index is 435. The van der Waals surface area contributed by atoms with Crippen LogP contribution < -0.4 is 10.2 Å². The third-order valence-electron chi connectivity index (χ3n) is 3.86. The smallest absolute Gasteiger partial charge is 0.0544 e. The number of nitrogens with one attached hydrogen (secondary N) is 1. The van der Waals surface area contributed by atoms with E-state index in [4.69, 9.17) is 0 Å². The molecule has 0 aromatic heterocycles. The highest BCUT2D eigenvalue weighted by atomic mass is 79.9. The lowest BCUT2D eigenvalue weighted by atomic mass is 10.0. The van der Waals surface area contributed by atoms with Gasteiger partial charge in [-0.15, -0.1) is 0 Å². The minimum atomic E-state index is 0.522. The summed E-state index contributed by atoms with van der Waals surface area (Å²) in [5.41, 5.74) is 2.61. The molecular weight excluding hydrogens is 302 g/mol. The van der Waals surface area contributed by atoms with Gasteiger partial charge in [0.15, 0.2) is 0 Å². The highest BCUT2D eigenvalue weighted by Gasteiger charge is 2.30. The van der Waals surface area contributed by atoms with Crippen molar-refractivity contribution >= 4 is 21.6 Å². The SMILES string of the molecule is CNCC1CN(C)CC(C)N1c1ccc(C)c(Br)c1. The number of hydrogen-bond donors (Lipinski definition) is 1. The van der Waals surface area contributed by atoms with Gasteiger partial charge in [0.05, 0.1) is 6.04 Å². The standard InChI is InChI=1S/C15H24BrN3/c1-11-5-6-13(7-15(11)16)19-12(2)9-18(4)10-14(19)8-17-3/h5-7,12,14,17H,8-10H2,1-4H3. The first-order chi connectivity index (χ1) is 9.02. The maximum atomic E-state index is 3.65. The zero-order valence-corrected chi connectivity index (χ0v) is 13.9. The summed E-state index contributed by atoms with van der Waals surface area (Å²) in [6, 6.07) is 7.74. The molecule has 0 spiro atoms. The Balaban J connectivity index is 2.29. The van der Waals surface area contributed by atoms with Crippen LogP contribution in [-0.2, 0) is 0 Å². The number of likely N-dealkylation sites (N-methyl/N-ethyl adjacent to an activating group) is 2. The summed E-state index contributed by atoms with van der Waals surface area (Å²) in [5, 5.41) is 3.32. The Morgan fingerprint density at radius 1 is 1.37 bits per heavy atom. The summed E-state index contributed by atoms with van der Waals surface area (Å²) in [5.74, 6) is 0. The lowest BCUT2D eigenvalue weighted by Gasteiger charge is -2.46. The van der Waals surface area contributed by atoms with Crippen molar-refractivity contribution in [1.29, 1.82) is 0 Å². The van der Waals surface area contributed by atoms with Crippen molar-refractivity contribution in [1.82, 2.24) is 10.2 Å². The summed E-state index contributed by atoms with van der Waals surface area (Å²) in [4.78, 5) is 4.98. The molecule has 0 bridgehead atoms. The van der Waals surface area contributed by atoms with Crippen molar-refractivity contribution in [3.63, 3.8) is 0 Å². The summed E-state index contributed by atoms with van der Waals surface area (Å²) in [6.07, 6.45) is 0. The number of anilines is 1. The summed E-state index contributed by atoms with van der Waals surface area (Å²) < 4.78 is 1.19. The van der Waals surface area contributed by atoms with Crippen LogP contribution in [0.4, 0.5) is 5.69 Å². The Morgan fingerprint density at radius 3 is 2.74 bits per heavy atom. The largest absolute Gasteiger partial charge is 0.362 e. The van der Waals surface area contributed by atoms with Gasteiger partial charge in [0.25, 0.3) is 0 Å². The van der Waals surface area contributed by atoms with Crippen LogP contribution in [0.2, 0.25) is 0 Å². The molecule has 0 aliphatic carbocycles. The van der Waals surface area contributed by atoms with Crippen molar-refractivity contribution in [2.24, 2.45) is 0 Å². The number of piperazine rings is 1. The predicted octanol–water partition coefficient (Wildman–Crippen LogP) is 2.49. The molecule has 0 saturated carbocycles. The van der Waals surface area contributed by atoms with Gasteiger partial charge in [-0.25, -0.2) is 0 Å². The third-order valence-corrected chi connectivity index (χ3v) is 4.71. The summed E-state index contributed by atoms with van der Waals surface area (Å²) in [6.45, 7) is 7.68. The van der Waals surface area contributed by atoms with Gasteiger partial charge in [-0.3, -0.25) is 0 Å². The Morgan fingerprint density at radius 2 is 2.11 bits per heavy atom. The topological polar surface area (TPSA) is 18.5 Å². The molecule has 1 aromatic rings. The fraction of sp³-hybridized carbons (Fsp3) is 0.600. The van der Waals surface area contributed by atoms with E-state index < -0.39 is 0 Å². The van der Waals surface area contributed by atoms with E-state index in [-0.39, 0.29) is 0 Å². The van der Waals surface area contributed by atoms with Gasteiger partial charge >= 0.3 is 0 Å². The van der Waals surface area contributed by atoms with E-state index in [0.29, 0.717) is 12.1 Å². The molecule has 1 fully saturated rings. The van der Waals surface area contributed by atoms with Crippen molar-refractivity contribution in [2.45, 2.75) is 25.9 Å². The maximum Gasteiger partial charge on any atom is 0.0544 e. The highest BCUT2D eigenvalue weighted by molar-refractivity contribution is 9.10. The quantitative estimate of drug-likeness (QED) is 0.921. The molecule has 1 aliphatic heterocycles. The van der Waals surface area contributed by atoms with Crippen LogP contribution >= 0.6 is 15.9 Å². The normalized spacial score (nSPS) is 24.8. The average Bonchev–Trinajstić information content (AvgIpc) is 2.33. The lowest BCUT2D eigenvalue weighted by molar-refractivity contribution is 0.230. The van der Waals surface area contributed by atoms with Crippen LogP contribution in [0.3, 0.4) is 0 Å². The molecule has 1 saturated heterocycles. The Kier molecular flexibility index (Phi) is 4.87. The minimum absolute atomic E-state index is 0.522. The molecule has 3 nitrogen and oxygen atoms in total. The van der Waals surface area contributed by atoms with E-state index in [9.17, 15) is 0 Å². The summed E-state index contributed by atoms with van der Waals surface area (Å²) >= 11 is 3.65. The van der Waals surface area contributed by atoms with Gasteiger partial charge in [0.1, 0.15) is 0 Å². The molecule has 2 rings (SSSR count). The van der Waals surface area contributed by atoms with Gasteiger partial charge in [-0.2, -0.15) is 0 Å². The van der Waals surface area contributed by atoms with Crippen LogP contribution in [0.15, 0.2) is 22.7 Å². The third kappa shape index (κ3) is 3.30. The second-order valence-electron chi connectivity index (χ2n) is 5.62. The number of aryl methyl sites for hydroxylation is 1. The van der Waals surface area contributed by atoms with Crippen LogP contribution in [0.1, 0.15) is 12.5 Å². The first-order valence-electron chi connectivity index (χ1n) is 6.90. The first-order valence-corrected chi connectivity index (χ1v) is 7.70. The van der Waals surface area contributed by atoms with Gasteiger partial charge in [-0.05, 0) is 45.6 Å². The Labute approximate surface area is 125 Å². The number of hydrogen-bond acceptors (Lipinski definition) is 3. The second-order valence-corrected chi connectivity index (χ2v) is 6.48. The zero-order chi connectivity index (χ0) is 14.0. The van der Waals surface area contributed by atoms with Crippen molar-refractivity contribution in [3.8, 4) is 0 Å². The maximum absolute atomic E-state index is 3.65. The van der Waals surface area contributed by atoms with E-state index in [0.717, 1.165) is 19.6 Å². The fourth-order valence-electron chi connectivity index (χ4n) is 3.03. The van der Waals surface area contributed by atoms with E-state index in [1.165, 1.54) is 15.7 Å². The van der Waals surface area contributed by atoms with Crippen LogP contribution in [-0.4, -0.2) is 50.7 Å². The number of halogens is 1. The predicted molar refractivity (Wildman–Crippen MR) is 86.0 cm³/mol. The molecule has 1 heterocycles. The molecule has 2 atom stereocenters. The van der Waals surface area contributed by atoms with Crippen molar-refractivity contribution in [2.75, 3.05) is 38.6 Å². The highest BCUT2D eigenvalue weighted by Crippen LogP contribution is 2.28. The van der Waals surface area contributed by atoms with Gasteiger partial charge in [-0.1, -0.05) is 22.0 Å². The lowest BCUT2D eigenvalue weighted by Crippen LogP contribution is -2.59. The first kappa shape index (κ1) is 14.8. The van der Waals surface area contributed by atoms with Gasteiger partial charge in [0, 0.05) is 35.8 Å². The number of rotatable bonds is 3. The minimum Gasteiger partial charge on any atom is -0.362 e. The zero-order valence-electron chi connectivity index (χ0n) is 12.3. The van der Waals surface area contributed by atoms with Gasteiger partial charge < -0.3 is 15.1 Å². The van der Waals surface area contributed by atoms with Crippen LogP contribution in [0.25, 0.3) is 0 Å². The van der Waals surface area contributed by atoms with Crippen molar-refractivity contribution < 1.29 is 0 Å². The molecule has 0 amide bonds.